The highest BCUT2D eigenvalue weighted by Gasteiger charge is 2.32. The summed E-state index contributed by atoms with van der Waals surface area (Å²) in [5.74, 6) is -0.0432. The smallest absolute Gasteiger partial charge is 0.269 e. The molecule has 0 bridgehead atoms. The van der Waals surface area contributed by atoms with Crippen molar-refractivity contribution in [3.05, 3.63) is 39.9 Å². The maximum atomic E-state index is 12.5. The zero-order chi connectivity index (χ0) is 17.2. The predicted molar refractivity (Wildman–Crippen MR) is 91.0 cm³/mol. The van der Waals surface area contributed by atoms with Gasteiger partial charge in [0.2, 0.25) is 0 Å². The third-order valence-electron chi connectivity index (χ3n) is 5.05. The standard InChI is InChI=1S/C17H24N4O3/c1-17(6-7-18-12-17)13-19-8-10-20(11-9-19)16(22)14-2-4-15(5-3-14)21(23)24/h2-5,18H,6-13H2,1H3. The van der Waals surface area contributed by atoms with Crippen LogP contribution in [0.25, 0.3) is 0 Å². The number of piperazine rings is 1. The Morgan fingerprint density at radius 3 is 2.46 bits per heavy atom. The van der Waals surface area contributed by atoms with E-state index in [2.05, 4.69) is 17.1 Å². The predicted octanol–water partition coefficient (Wildman–Crippen LogP) is 1.35. The Morgan fingerprint density at radius 2 is 1.92 bits per heavy atom. The summed E-state index contributed by atoms with van der Waals surface area (Å²) in [7, 11) is 0. The number of rotatable bonds is 4. The van der Waals surface area contributed by atoms with Crippen molar-refractivity contribution < 1.29 is 9.72 Å². The summed E-state index contributed by atoms with van der Waals surface area (Å²) in [4.78, 5) is 27.0. The highest BCUT2D eigenvalue weighted by Crippen LogP contribution is 2.26. The van der Waals surface area contributed by atoms with E-state index in [0.717, 1.165) is 32.7 Å². The molecule has 1 amide bonds. The summed E-state index contributed by atoms with van der Waals surface area (Å²) >= 11 is 0. The number of nitro benzene ring substituents is 1. The summed E-state index contributed by atoms with van der Waals surface area (Å²) in [6.07, 6.45) is 1.20. The third-order valence-corrected chi connectivity index (χ3v) is 5.05. The van der Waals surface area contributed by atoms with Crippen molar-refractivity contribution in [2.45, 2.75) is 13.3 Å². The van der Waals surface area contributed by atoms with Crippen LogP contribution in [0.15, 0.2) is 24.3 Å². The van der Waals surface area contributed by atoms with Crippen LogP contribution in [0.1, 0.15) is 23.7 Å². The molecule has 2 aliphatic heterocycles. The van der Waals surface area contributed by atoms with Crippen LogP contribution in [-0.2, 0) is 0 Å². The first-order valence-corrected chi connectivity index (χ1v) is 8.44. The lowest BCUT2D eigenvalue weighted by molar-refractivity contribution is -0.384. The van der Waals surface area contributed by atoms with Crippen molar-refractivity contribution in [1.29, 1.82) is 0 Å². The van der Waals surface area contributed by atoms with Crippen molar-refractivity contribution in [3.63, 3.8) is 0 Å². The molecular formula is C17H24N4O3. The van der Waals surface area contributed by atoms with Gasteiger partial charge in [0, 0.05) is 57.0 Å². The Kier molecular flexibility index (Phi) is 4.82. The highest BCUT2D eigenvalue weighted by atomic mass is 16.6. The minimum atomic E-state index is -0.453. The number of nitro groups is 1. The fraction of sp³-hybridized carbons (Fsp3) is 0.588. The topological polar surface area (TPSA) is 78.7 Å². The molecule has 7 heteroatoms. The molecule has 1 aromatic rings. The van der Waals surface area contributed by atoms with E-state index in [9.17, 15) is 14.9 Å². The van der Waals surface area contributed by atoms with Gasteiger partial charge in [0.05, 0.1) is 4.92 Å². The molecular weight excluding hydrogens is 308 g/mol. The molecule has 0 saturated carbocycles. The van der Waals surface area contributed by atoms with E-state index in [4.69, 9.17) is 0 Å². The van der Waals surface area contributed by atoms with E-state index in [1.807, 2.05) is 4.90 Å². The number of non-ortho nitro benzene ring substituents is 1. The van der Waals surface area contributed by atoms with Gasteiger partial charge >= 0.3 is 0 Å². The first-order chi connectivity index (χ1) is 11.5. The Balaban J connectivity index is 1.54. The van der Waals surface area contributed by atoms with Crippen LogP contribution in [0.3, 0.4) is 0 Å². The molecule has 130 valence electrons. The van der Waals surface area contributed by atoms with Crippen molar-refractivity contribution in [2.75, 3.05) is 45.8 Å². The van der Waals surface area contributed by atoms with E-state index in [1.54, 1.807) is 0 Å². The Hall–Kier alpha value is -1.99. The van der Waals surface area contributed by atoms with Crippen molar-refractivity contribution in [3.8, 4) is 0 Å². The summed E-state index contributed by atoms with van der Waals surface area (Å²) in [6.45, 7) is 8.73. The highest BCUT2D eigenvalue weighted by molar-refractivity contribution is 5.94. The summed E-state index contributed by atoms with van der Waals surface area (Å²) in [5.41, 5.74) is 0.862. The van der Waals surface area contributed by atoms with Gasteiger partial charge in [-0.2, -0.15) is 0 Å². The van der Waals surface area contributed by atoms with Crippen molar-refractivity contribution >= 4 is 11.6 Å². The molecule has 1 atom stereocenters. The van der Waals surface area contributed by atoms with Gasteiger partial charge in [0.15, 0.2) is 0 Å². The van der Waals surface area contributed by atoms with Crippen molar-refractivity contribution in [1.82, 2.24) is 15.1 Å². The maximum Gasteiger partial charge on any atom is 0.269 e. The largest absolute Gasteiger partial charge is 0.336 e. The molecule has 0 aliphatic carbocycles. The number of nitrogens with zero attached hydrogens (tertiary/aromatic N) is 3. The van der Waals surface area contributed by atoms with Gasteiger partial charge in [-0.15, -0.1) is 0 Å². The second-order valence-electron chi connectivity index (χ2n) is 7.11. The van der Waals surface area contributed by atoms with Gasteiger partial charge in [-0.25, -0.2) is 0 Å². The average molecular weight is 332 g/mol. The van der Waals surface area contributed by atoms with Gasteiger partial charge in [-0.1, -0.05) is 6.92 Å². The molecule has 7 nitrogen and oxygen atoms in total. The van der Waals surface area contributed by atoms with E-state index >= 15 is 0 Å². The summed E-state index contributed by atoms with van der Waals surface area (Å²) < 4.78 is 0. The van der Waals surface area contributed by atoms with E-state index in [-0.39, 0.29) is 11.6 Å². The number of amides is 1. The molecule has 1 aromatic carbocycles. The Morgan fingerprint density at radius 1 is 1.25 bits per heavy atom. The van der Waals surface area contributed by atoms with Crippen LogP contribution in [-0.4, -0.2) is 66.4 Å². The van der Waals surface area contributed by atoms with Crippen LogP contribution >= 0.6 is 0 Å². The minimum Gasteiger partial charge on any atom is -0.336 e. The van der Waals surface area contributed by atoms with E-state index in [0.29, 0.717) is 24.1 Å². The molecule has 1 unspecified atom stereocenters. The Bertz CT molecular complexity index is 603. The molecule has 2 saturated heterocycles. The van der Waals surface area contributed by atoms with Crippen LogP contribution in [0.5, 0.6) is 0 Å². The number of carbonyl (C=O) groups is 1. The molecule has 24 heavy (non-hydrogen) atoms. The number of nitrogens with one attached hydrogen (secondary N) is 1. The molecule has 0 radical (unpaired) electrons. The van der Waals surface area contributed by atoms with E-state index < -0.39 is 4.92 Å². The molecule has 2 heterocycles. The fourth-order valence-corrected chi connectivity index (χ4v) is 3.56. The zero-order valence-electron chi connectivity index (χ0n) is 14.0. The summed E-state index contributed by atoms with van der Waals surface area (Å²) in [5, 5.41) is 14.1. The summed E-state index contributed by atoms with van der Waals surface area (Å²) in [6, 6.07) is 5.85. The molecule has 1 N–H and O–H groups in total. The van der Waals surface area contributed by atoms with Crippen molar-refractivity contribution in [2.24, 2.45) is 5.41 Å². The molecule has 2 fully saturated rings. The number of carbonyl (C=O) groups excluding carboxylic acids is 1. The van der Waals surface area contributed by atoms with Gasteiger partial charge in [-0.05, 0) is 30.5 Å². The van der Waals surface area contributed by atoms with Gasteiger partial charge in [0.1, 0.15) is 0 Å². The lowest BCUT2D eigenvalue weighted by Crippen LogP contribution is -2.51. The van der Waals surface area contributed by atoms with Gasteiger partial charge in [0.25, 0.3) is 11.6 Å². The second-order valence-corrected chi connectivity index (χ2v) is 7.11. The van der Waals surface area contributed by atoms with Crippen LogP contribution in [0, 0.1) is 15.5 Å². The van der Waals surface area contributed by atoms with Gasteiger partial charge in [-0.3, -0.25) is 19.8 Å². The monoisotopic (exact) mass is 332 g/mol. The maximum absolute atomic E-state index is 12.5. The lowest BCUT2D eigenvalue weighted by Gasteiger charge is -2.38. The average Bonchev–Trinajstić information content (AvgIpc) is 3.01. The normalized spacial score (nSPS) is 25.0. The first kappa shape index (κ1) is 16.9. The van der Waals surface area contributed by atoms with Gasteiger partial charge < -0.3 is 10.2 Å². The SMILES string of the molecule is CC1(CN2CCN(C(=O)c3ccc([N+](=O)[O-])cc3)CC2)CCNC1. The number of hydrogen-bond donors (Lipinski definition) is 1. The quantitative estimate of drug-likeness (QED) is 0.665. The minimum absolute atomic E-state index is 0.00906. The molecule has 2 aliphatic rings. The van der Waals surface area contributed by atoms with Crippen LogP contribution in [0.4, 0.5) is 5.69 Å². The van der Waals surface area contributed by atoms with Crippen LogP contribution < -0.4 is 5.32 Å². The molecule has 0 aromatic heterocycles. The zero-order valence-corrected chi connectivity index (χ0v) is 14.0. The third kappa shape index (κ3) is 3.73. The lowest BCUT2D eigenvalue weighted by atomic mass is 9.89. The number of benzene rings is 1. The van der Waals surface area contributed by atoms with Crippen LogP contribution in [0.2, 0.25) is 0 Å². The second kappa shape index (κ2) is 6.86. The fourth-order valence-electron chi connectivity index (χ4n) is 3.56. The molecule has 3 rings (SSSR count). The first-order valence-electron chi connectivity index (χ1n) is 8.44. The molecule has 0 spiro atoms. The van der Waals surface area contributed by atoms with E-state index in [1.165, 1.54) is 30.7 Å². The Labute approximate surface area is 141 Å². The number of hydrogen-bond acceptors (Lipinski definition) is 5.